The molecular weight excluding hydrogens is 330 g/mol. The van der Waals surface area contributed by atoms with Crippen molar-refractivity contribution < 1.29 is 13.6 Å². The van der Waals surface area contributed by atoms with Crippen molar-refractivity contribution in [2.75, 3.05) is 5.32 Å². The zero-order valence-corrected chi connectivity index (χ0v) is 13.2. The molecule has 24 heavy (non-hydrogen) atoms. The van der Waals surface area contributed by atoms with E-state index in [0.29, 0.717) is 16.9 Å². The molecule has 0 bridgehead atoms. The van der Waals surface area contributed by atoms with E-state index in [1.165, 1.54) is 35.8 Å². The highest BCUT2D eigenvalue weighted by atomic mass is 32.1. The van der Waals surface area contributed by atoms with Gasteiger partial charge in [0.2, 0.25) is 5.91 Å². The zero-order valence-electron chi connectivity index (χ0n) is 12.4. The molecular formula is C18H12F2N2OS. The van der Waals surface area contributed by atoms with E-state index in [1.54, 1.807) is 24.3 Å². The maximum Gasteiger partial charge on any atom is 0.225 e. The largest absolute Gasteiger partial charge is 0.323 e. The van der Waals surface area contributed by atoms with Crippen LogP contribution in [0, 0.1) is 11.6 Å². The molecule has 120 valence electrons. The van der Waals surface area contributed by atoms with E-state index in [0.717, 1.165) is 10.4 Å². The molecule has 3 nitrogen and oxygen atoms in total. The molecule has 0 aliphatic carbocycles. The Morgan fingerprint density at radius 2 is 1.83 bits per heavy atom. The minimum absolute atomic E-state index is 0.158. The Kier molecular flexibility index (Phi) is 3.61. The predicted molar refractivity (Wildman–Crippen MR) is 89.0 cm³/mol. The van der Waals surface area contributed by atoms with Crippen molar-refractivity contribution >= 4 is 23.1 Å². The van der Waals surface area contributed by atoms with Crippen LogP contribution in [0.25, 0.3) is 11.3 Å². The van der Waals surface area contributed by atoms with E-state index in [2.05, 4.69) is 9.69 Å². The van der Waals surface area contributed by atoms with Crippen LogP contribution in [0.15, 0.2) is 48.5 Å². The molecule has 0 saturated carbocycles. The summed E-state index contributed by atoms with van der Waals surface area (Å²) in [4.78, 5) is 13.0. The van der Waals surface area contributed by atoms with E-state index in [4.69, 9.17) is 0 Å². The SMILES string of the molecule is O=C1C[C@@H](c2cccc(F)c2)c2snc(-c3cccc(F)c3)c2N1. The van der Waals surface area contributed by atoms with Crippen molar-refractivity contribution in [1.29, 1.82) is 0 Å². The van der Waals surface area contributed by atoms with Gasteiger partial charge in [0.15, 0.2) is 0 Å². The number of rotatable bonds is 2. The molecule has 2 aromatic carbocycles. The van der Waals surface area contributed by atoms with Gasteiger partial charge in [-0.25, -0.2) is 8.78 Å². The lowest BCUT2D eigenvalue weighted by Gasteiger charge is -2.23. The fourth-order valence-corrected chi connectivity index (χ4v) is 3.93. The van der Waals surface area contributed by atoms with E-state index in [9.17, 15) is 13.6 Å². The van der Waals surface area contributed by atoms with Gasteiger partial charge in [-0.15, -0.1) is 0 Å². The minimum Gasteiger partial charge on any atom is -0.323 e. The third-order valence-corrected chi connectivity index (χ3v) is 5.00. The van der Waals surface area contributed by atoms with Crippen LogP contribution in [-0.4, -0.2) is 10.3 Å². The maximum atomic E-state index is 13.6. The Morgan fingerprint density at radius 1 is 1.08 bits per heavy atom. The topological polar surface area (TPSA) is 42.0 Å². The highest BCUT2D eigenvalue weighted by molar-refractivity contribution is 7.07. The van der Waals surface area contributed by atoms with Crippen LogP contribution < -0.4 is 5.32 Å². The number of nitrogens with zero attached hydrogens (tertiary/aromatic N) is 1. The third kappa shape index (κ3) is 2.59. The summed E-state index contributed by atoms with van der Waals surface area (Å²) in [5.74, 6) is -1.10. The second kappa shape index (κ2) is 5.79. The van der Waals surface area contributed by atoms with E-state index in [1.807, 2.05) is 0 Å². The van der Waals surface area contributed by atoms with Gasteiger partial charge in [0.25, 0.3) is 0 Å². The van der Waals surface area contributed by atoms with Crippen LogP contribution in [0.5, 0.6) is 0 Å². The Hall–Kier alpha value is -2.60. The monoisotopic (exact) mass is 342 g/mol. The van der Waals surface area contributed by atoms with E-state index < -0.39 is 0 Å². The van der Waals surface area contributed by atoms with Gasteiger partial charge in [-0.1, -0.05) is 24.3 Å². The maximum absolute atomic E-state index is 13.6. The molecule has 0 fully saturated rings. The number of anilines is 1. The summed E-state index contributed by atoms with van der Waals surface area (Å²) in [6.07, 6.45) is 0.237. The van der Waals surface area contributed by atoms with E-state index in [-0.39, 0.29) is 29.9 Å². The number of halogens is 2. The van der Waals surface area contributed by atoms with Gasteiger partial charge in [-0.2, -0.15) is 4.37 Å². The minimum atomic E-state index is -0.363. The van der Waals surface area contributed by atoms with Crippen LogP contribution in [-0.2, 0) is 4.79 Å². The molecule has 2 heterocycles. The van der Waals surface area contributed by atoms with Crippen LogP contribution in [0.2, 0.25) is 0 Å². The van der Waals surface area contributed by atoms with Crippen molar-refractivity contribution in [2.45, 2.75) is 12.3 Å². The summed E-state index contributed by atoms with van der Waals surface area (Å²) in [6, 6.07) is 12.3. The molecule has 1 atom stereocenters. The summed E-state index contributed by atoms with van der Waals surface area (Å²) >= 11 is 1.25. The normalized spacial score (nSPS) is 16.6. The van der Waals surface area contributed by atoms with Gasteiger partial charge >= 0.3 is 0 Å². The van der Waals surface area contributed by atoms with Crippen molar-refractivity contribution in [3.8, 4) is 11.3 Å². The fourth-order valence-electron chi connectivity index (χ4n) is 2.96. The van der Waals surface area contributed by atoms with Gasteiger partial charge in [0, 0.05) is 17.9 Å². The second-order valence-electron chi connectivity index (χ2n) is 5.64. The summed E-state index contributed by atoms with van der Waals surface area (Å²) < 4.78 is 31.5. The standard InChI is InChI=1S/C18H12F2N2OS/c19-12-5-1-3-10(7-12)14-9-15(23)21-17-16(22-24-18(14)17)11-4-2-6-13(20)8-11/h1-8,14H,9H2,(H,21,23)/t14-/m0/s1. The highest BCUT2D eigenvalue weighted by Crippen LogP contribution is 2.44. The first kappa shape index (κ1) is 15.0. The number of aromatic nitrogens is 1. The average Bonchev–Trinajstić information content (AvgIpc) is 2.97. The van der Waals surface area contributed by atoms with Gasteiger partial charge in [0.1, 0.15) is 17.3 Å². The number of hydrogen-bond donors (Lipinski definition) is 1. The summed E-state index contributed by atoms with van der Waals surface area (Å²) in [5, 5.41) is 2.83. The van der Waals surface area contributed by atoms with Gasteiger partial charge in [-0.3, -0.25) is 4.79 Å². The lowest BCUT2D eigenvalue weighted by molar-refractivity contribution is -0.116. The lowest BCUT2D eigenvalue weighted by Crippen LogP contribution is -2.22. The Labute approximate surface area is 141 Å². The van der Waals surface area contributed by atoms with Crippen molar-refractivity contribution in [1.82, 2.24) is 4.37 Å². The molecule has 1 N–H and O–H groups in total. The molecule has 3 aromatic rings. The first-order valence-electron chi connectivity index (χ1n) is 7.42. The van der Waals surface area contributed by atoms with Gasteiger partial charge in [0.05, 0.1) is 10.6 Å². The number of carbonyl (C=O) groups is 1. The predicted octanol–water partition coefficient (Wildman–Crippen LogP) is 4.56. The molecule has 1 aromatic heterocycles. The Morgan fingerprint density at radius 3 is 2.58 bits per heavy atom. The van der Waals surface area contributed by atoms with Crippen molar-refractivity contribution in [2.24, 2.45) is 0 Å². The number of benzene rings is 2. The molecule has 1 aliphatic heterocycles. The van der Waals surface area contributed by atoms with Gasteiger partial charge < -0.3 is 5.32 Å². The number of amides is 1. The molecule has 6 heteroatoms. The molecule has 0 saturated heterocycles. The zero-order chi connectivity index (χ0) is 16.7. The molecule has 4 rings (SSSR count). The summed E-state index contributed by atoms with van der Waals surface area (Å²) in [7, 11) is 0. The highest BCUT2D eigenvalue weighted by Gasteiger charge is 2.31. The molecule has 0 unspecified atom stereocenters. The Balaban J connectivity index is 1.83. The number of hydrogen-bond acceptors (Lipinski definition) is 3. The number of nitrogens with one attached hydrogen (secondary N) is 1. The van der Waals surface area contributed by atoms with E-state index >= 15 is 0 Å². The quantitative estimate of drug-likeness (QED) is 0.742. The lowest BCUT2D eigenvalue weighted by atomic mass is 9.89. The smallest absolute Gasteiger partial charge is 0.225 e. The Bertz CT molecular complexity index is 938. The molecule has 0 radical (unpaired) electrons. The molecule has 0 spiro atoms. The first-order valence-corrected chi connectivity index (χ1v) is 8.20. The second-order valence-corrected chi connectivity index (χ2v) is 6.45. The third-order valence-electron chi connectivity index (χ3n) is 4.04. The fraction of sp³-hybridized carbons (Fsp3) is 0.111. The van der Waals surface area contributed by atoms with Gasteiger partial charge in [-0.05, 0) is 41.4 Å². The van der Waals surface area contributed by atoms with Crippen molar-refractivity contribution in [3.63, 3.8) is 0 Å². The number of fused-ring (bicyclic) bond motifs is 1. The summed E-state index contributed by atoms with van der Waals surface area (Å²) in [5.41, 5.74) is 2.48. The van der Waals surface area contributed by atoms with Crippen molar-refractivity contribution in [3.05, 3.63) is 70.6 Å². The van der Waals surface area contributed by atoms with Crippen LogP contribution in [0.4, 0.5) is 14.5 Å². The first-order chi connectivity index (χ1) is 11.6. The van der Waals surface area contributed by atoms with Crippen LogP contribution in [0.3, 0.4) is 0 Å². The number of carbonyl (C=O) groups excluding carboxylic acids is 1. The average molecular weight is 342 g/mol. The van der Waals surface area contributed by atoms with Crippen LogP contribution >= 0.6 is 11.5 Å². The molecule has 1 aliphatic rings. The molecule has 1 amide bonds. The van der Waals surface area contributed by atoms with Crippen LogP contribution in [0.1, 0.15) is 22.8 Å². The summed E-state index contributed by atoms with van der Waals surface area (Å²) in [6.45, 7) is 0.